The number of likely N-dealkylation sites (N-methyl/N-ethyl adjacent to an activating group) is 2. The van der Waals surface area contributed by atoms with Gasteiger partial charge in [0.2, 0.25) is 0 Å². The zero-order valence-electron chi connectivity index (χ0n) is 9.01. The standard InChI is InChI=1S/C9H18N2O3/c1-5-7(12)8(13)6(2)11(4)9(14)10(5)3/h5-8,12-13H,1-4H3. The van der Waals surface area contributed by atoms with Gasteiger partial charge in [-0.1, -0.05) is 0 Å². The van der Waals surface area contributed by atoms with Crippen LogP contribution in [0, 0.1) is 0 Å². The largest absolute Gasteiger partial charge is 0.388 e. The van der Waals surface area contributed by atoms with Crippen molar-refractivity contribution in [1.29, 1.82) is 0 Å². The molecule has 0 saturated carbocycles. The molecule has 82 valence electrons. The SMILES string of the molecule is CC1C(O)C(O)C(C)N(C)C(=O)N1C. The van der Waals surface area contributed by atoms with Gasteiger partial charge in [-0.15, -0.1) is 0 Å². The molecule has 1 saturated heterocycles. The van der Waals surface area contributed by atoms with Crippen molar-refractivity contribution in [2.45, 2.75) is 38.1 Å². The van der Waals surface area contributed by atoms with Gasteiger partial charge in [0.05, 0.1) is 12.1 Å². The van der Waals surface area contributed by atoms with Crippen LogP contribution in [-0.2, 0) is 0 Å². The first-order chi connectivity index (χ1) is 6.37. The van der Waals surface area contributed by atoms with E-state index in [0.717, 1.165) is 0 Å². The molecule has 1 heterocycles. The number of hydrogen-bond donors (Lipinski definition) is 2. The van der Waals surface area contributed by atoms with Crippen molar-refractivity contribution in [2.24, 2.45) is 0 Å². The first-order valence-corrected chi connectivity index (χ1v) is 4.73. The van der Waals surface area contributed by atoms with Crippen molar-refractivity contribution in [3.8, 4) is 0 Å². The summed E-state index contributed by atoms with van der Waals surface area (Å²) in [6.45, 7) is 3.44. The molecule has 0 bridgehead atoms. The minimum Gasteiger partial charge on any atom is -0.388 e. The Morgan fingerprint density at radius 3 is 1.57 bits per heavy atom. The Morgan fingerprint density at radius 2 is 1.29 bits per heavy atom. The lowest BCUT2D eigenvalue weighted by atomic mass is 10.0. The summed E-state index contributed by atoms with van der Waals surface area (Å²) in [7, 11) is 3.24. The quantitative estimate of drug-likeness (QED) is 0.555. The van der Waals surface area contributed by atoms with Gasteiger partial charge < -0.3 is 20.0 Å². The summed E-state index contributed by atoms with van der Waals surface area (Å²) >= 11 is 0. The van der Waals surface area contributed by atoms with Gasteiger partial charge in [-0.05, 0) is 13.8 Å². The molecule has 1 aliphatic rings. The van der Waals surface area contributed by atoms with E-state index in [4.69, 9.17) is 0 Å². The number of aliphatic hydroxyl groups excluding tert-OH is 2. The third-order valence-electron chi connectivity index (χ3n) is 3.16. The van der Waals surface area contributed by atoms with E-state index in [-0.39, 0.29) is 18.1 Å². The van der Waals surface area contributed by atoms with E-state index in [9.17, 15) is 15.0 Å². The number of amides is 2. The Balaban J connectivity index is 2.98. The summed E-state index contributed by atoms with van der Waals surface area (Å²) in [4.78, 5) is 14.6. The Bertz CT molecular complexity index is 212. The maximum absolute atomic E-state index is 11.7. The van der Waals surface area contributed by atoms with Gasteiger partial charge in [0.15, 0.2) is 0 Å². The predicted octanol–water partition coefficient (Wildman–Crippen LogP) is -0.518. The van der Waals surface area contributed by atoms with Crippen molar-refractivity contribution in [2.75, 3.05) is 14.1 Å². The van der Waals surface area contributed by atoms with E-state index in [1.54, 1.807) is 27.9 Å². The highest BCUT2D eigenvalue weighted by atomic mass is 16.3. The van der Waals surface area contributed by atoms with Crippen LogP contribution in [-0.4, -0.2) is 64.4 Å². The van der Waals surface area contributed by atoms with Crippen LogP contribution in [0.15, 0.2) is 0 Å². The average molecular weight is 202 g/mol. The lowest BCUT2D eigenvalue weighted by Gasteiger charge is -2.27. The molecule has 1 rings (SSSR count). The molecule has 1 aliphatic heterocycles. The molecule has 5 heteroatoms. The van der Waals surface area contributed by atoms with E-state index >= 15 is 0 Å². The molecule has 0 aromatic carbocycles. The number of carbonyl (C=O) groups excluding carboxylic acids is 1. The minimum absolute atomic E-state index is 0.180. The summed E-state index contributed by atoms with van der Waals surface area (Å²) in [5.41, 5.74) is 0. The van der Waals surface area contributed by atoms with Gasteiger partial charge in [0.1, 0.15) is 12.2 Å². The molecular formula is C9H18N2O3. The van der Waals surface area contributed by atoms with Crippen molar-refractivity contribution < 1.29 is 15.0 Å². The molecule has 5 nitrogen and oxygen atoms in total. The van der Waals surface area contributed by atoms with E-state index in [0.29, 0.717) is 0 Å². The van der Waals surface area contributed by atoms with E-state index in [1.807, 2.05) is 0 Å². The average Bonchev–Trinajstić information content (AvgIpc) is 2.23. The molecule has 0 aromatic heterocycles. The summed E-state index contributed by atoms with van der Waals surface area (Å²) in [6, 6.07) is -0.921. The normalized spacial score (nSPS) is 40.0. The Kier molecular flexibility index (Phi) is 3.01. The summed E-state index contributed by atoms with van der Waals surface area (Å²) < 4.78 is 0. The molecule has 4 atom stereocenters. The summed E-state index contributed by atoms with van der Waals surface area (Å²) in [5.74, 6) is 0. The smallest absolute Gasteiger partial charge is 0.320 e. The Hall–Kier alpha value is -0.810. The van der Waals surface area contributed by atoms with Crippen LogP contribution in [0.4, 0.5) is 4.79 Å². The number of aliphatic hydroxyl groups is 2. The topological polar surface area (TPSA) is 64.0 Å². The van der Waals surface area contributed by atoms with Crippen LogP contribution >= 0.6 is 0 Å². The number of nitrogens with zero attached hydrogens (tertiary/aromatic N) is 2. The van der Waals surface area contributed by atoms with Gasteiger partial charge in [0.25, 0.3) is 0 Å². The third-order valence-corrected chi connectivity index (χ3v) is 3.16. The highest BCUT2D eigenvalue weighted by Crippen LogP contribution is 2.19. The van der Waals surface area contributed by atoms with Gasteiger partial charge in [0, 0.05) is 14.1 Å². The van der Waals surface area contributed by atoms with Crippen LogP contribution in [0.2, 0.25) is 0 Å². The second-order valence-electron chi connectivity index (χ2n) is 3.97. The maximum Gasteiger partial charge on any atom is 0.320 e. The van der Waals surface area contributed by atoms with Gasteiger partial charge in [-0.2, -0.15) is 0 Å². The molecule has 1 fully saturated rings. The maximum atomic E-state index is 11.7. The summed E-state index contributed by atoms with van der Waals surface area (Å²) in [6.07, 6.45) is -1.80. The Labute approximate surface area is 83.9 Å². The first kappa shape index (κ1) is 11.3. The van der Waals surface area contributed by atoms with E-state index < -0.39 is 12.2 Å². The van der Waals surface area contributed by atoms with Crippen molar-refractivity contribution in [1.82, 2.24) is 9.80 Å². The van der Waals surface area contributed by atoms with Gasteiger partial charge >= 0.3 is 6.03 Å². The molecule has 2 amide bonds. The number of carbonyl (C=O) groups is 1. The third kappa shape index (κ3) is 1.57. The lowest BCUT2D eigenvalue weighted by molar-refractivity contribution is -0.0282. The molecule has 2 N–H and O–H groups in total. The summed E-state index contributed by atoms with van der Waals surface area (Å²) in [5, 5.41) is 19.5. The fourth-order valence-corrected chi connectivity index (χ4v) is 1.63. The van der Waals surface area contributed by atoms with Crippen LogP contribution in [0.25, 0.3) is 0 Å². The van der Waals surface area contributed by atoms with Crippen LogP contribution < -0.4 is 0 Å². The molecule has 0 radical (unpaired) electrons. The molecule has 0 aromatic rings. The monoisotopic (exact) mass is 202 g/mol. The van der Waals surface area contributed by atoms with Gasteiger partial charge in [-0.3, -0.25) is 0 Å². The van der Waals surface area contributed by atoms with Gasteiger partial charge in [-0.25, -0.2) is 4.79 Å². The highest BCUT2D eigenvalue weighted by Gasteiger charge is 2.39. The van der Waals surface area contributed by atoms with Crippen LogP contribution in [0.5, 0.6) is 0 Å². The molecular weight excluding hydrogens is 184 g/mol. The zero-order valence-corrected chi connectivity index (χ0v) is 9.01. The van der Waals surface area contributed by atoms with E-state index in [1.165, 1.54) is 9.80 Å². The molecule has 14 heavy (non-hydrogen) atoms. The van der Waals surface area contributed by atoms with Crippen molar-refractivity contribution in [3.05, 3.63) is 0 Å². The predicted molar refractivity (Wildman–Crippen MR) is 51.9 cm³/mol. The fraction of sp³-hybridized carbons (Fsp3) is 0.889. The minimum atomic E-state index is -0.899. The van der Waals surface area contributed by atoms with Crippen molar-refractivity contribution in [3.63, 3.8) is 0 Å². The Morgan fingerprint density at radius 1 is 1.00 bits per heavy atom. The fourth-order valence-electron chi connectivity index (χ4n) is 1.63. The highest BCUT2D eigenvalue weighted by molar-refractivity contribution is 5.75. The lowest BCUT2D eigenvalue weighted by Crippen LogP contribution is -2.45. The second kappa shape index (κ2) is 3.74. The zero-order chi connectivity index (χ0) is 11.0. The van der Waals surface area contributed by atoms with Crippen LogP contribution in [0.3, 0.4) is 0 Å². The van der Waals surface area contributed by atoms with Crippen LogP contribution in [0.1, 0.15) is 13.8 Å². The molecule has 4 unspecified atom stereocenters. The van der Waals surface area contributed by atoms with Crippen molar-refractivity contribution >= 4 is 6.03 Å². The first-order valence-electron chi connectivity index (χ1n) is 4.73. The number of urea groups is 1. The second-order valence-corrected chi connectivity index (χ2v) is 3.97. The van der Waals surface area contributed by atoms with E-state index in [2.05, 4.69) is 0 Å². The molecule has 0 aliphatic carbocycles. The number of hydrogen-bond acceptors (Lipinski definition) is 3. The molecule has 0 spiro atoms. The number of rotatable bonds is 0.